The average molecular weight is 429 g/mol. The molecule has 0 bridgehead atoms. The van der Waals surface area contributed by atoms with Crippen LogP contribution in [0.15, 0.2) is 42.5 Å². The van der Waals surface area contributed by atoms with Crippen LogP contribution in [0, 0.1) is 0 Å². The molecule has 4 rings (SSSR count). The maximum Gasteiger partial charge on any atom is 0.255 e. The molecule has 2 aromatic rings. The van der Waals surface area contributed by atoms with Gasteiger partial charge in [0.1, 0.15) is 5.75 Å². The summed E-state index contributed by atoms with van der Waals surface area (Å²) in [6, 6.07) is 11.0. The zero-order chi connectivity index (χ0) is 21.3. The van der Waals surface area contributed by atoms with Gasteiger partial charge in [-0.25, -0.2) is 8.42 Å². The Labute approximate surface area is 175 Å². The Morgan fingerprint density at radius 3 is 2.37 bits per heavy atom. The average Bonchev–Trinajstić information content (AvgIpc) is 3.09. The highest BCUT2D eigenvalue weighted by atomic mass is 32.2. The molecule has 2 amide bonds. The topological polar surface area (TPSA) is 107 Å². The molecule has 30 heavy (non-hydrogen) atoms. The molecule has 0 spiro atoms. The number of nitrogens with one attached hydrogen (secondary N) is 1. The van der Waals surface area contributed by atoms with Crippen molar-refractivity contribution in [1.82, 2.24) is 0 Å². The molecule has 0 atom stereocenters. The van der Waals surface area contributed by atoms with Crippen molar-refractivity contribution in [2.45, 2.75) is 25.7 Å². The van der Waals surface area contributed by atoms with E-state index < -0.39 is 15.9 Å². The van der Waals surface area contributed by atoms with Crippen LogP contribution in [0.5, 0.6) is 5.75 Å². The highest BCUT2D eigenvalue weighted by Gasteiger charge is 2.29. The number of sulfonamides is 1. The van der Waals surface area contributed by atoms with Gasteiger partial charge >= 0.3 is 0 Å². The highest BCUT2D eigenvalue weighted by Crippen LogP contribution is 2.32. The Morgan fingerprint density at radius 1 is 0.967 bits per heavy atom. The molecule has 158 valence electrons. The first-order valence-corrected chi connectivity index (χ1v) is 11.5. The lowest BCUT2D eigenvalue weighted by Gasteiger charge is -2.26. The van der Waals surface area contributed by atoms with Gasteiger partial charge in [0.15, 0.2) is 0 Å². The Kier molecular flexibility index (Phi) is 5.38. The van der Waals surface area contributed by atoms with Crippen LogP contribution in [0.3, 0.4) is 0 Å². The van der Waals surface area contributed by atoms with Gasteiger partial charge in [0.2, 0.25) is 15.9 Å². The number of aromatic hydroxyl groups is 1. The normalized spacial score (nSPS) is 18.5. The summed E-state index contributed by atoms with van der Waals surface area (Å²) in [5, 5.41) is 12.8. The lowest BCUT2D eigenvalue weighted by atomic mass is 10.1. The van der Waals surface area contributed by atoms with E-state index in [2.05, 4.69) is 5.32 Å². The molecule has 2 saturated heterocycles. The fraction of sp³-hybridized carbons (Fsp3) is 0.333. The van der Waals surface area contributed by atoms with Crippen molar-refractivity contribution in [1.29, 1.82) is 0 Å². The van der Waals surface area contributed by atoms with Crippen LogP contribution < -0.4 is 14.5 Å². The zero-order valence-electron chi connectivity index (χ0n) is 16.4. The number of hydrogen-bond donors (Lipinski definition) is 2. The van der Waals surface area contributed by atoms with Crippen LogP contribution in [-0.2, 0) is 14.8 Å². The first-order chi connectivity index (χ1) is 14.3. The lowest BCUT2D eigenvalue weighted by Crippen LogP contribution is -2.35. The van der Waals surface area contributed by atoms with Gasteiger partial charge in [0.25, 0.3) is 5.91 Å². The van der Waals surface area contributed by atoms with Crippen LogP contribution in [0.2, 0.25) is 0 Å². The maximum atomic E-state index is 12.6. The first-order valence-electron chi connectivity index (χ1n) is 9.90. The molecule has 2 N–H and O–H groups in total. The fourth-order valence-electron chi connectivity index (χ4n) is 3.77. The number of benzene rings is 2. The van der Waals surface area contributed by atoms with E-state index >= 15 is 0 Å². The standard InChI is InChI=1S/C21H23N3O5S/c25-19-10-9-17(24-12-3-13-30(24,28)29)14-18(19)22-21(27)15-5-7-16(8-6-15)23-11-2-1-4-20(23)26/h5-10,14,25H,1-4,11-13H2,(H,22,27). The van der Waals surface area contributed by atoms with Gasteiger partial charge in [-0.3, -0.25) is 13.9 Å². The second-order valence-electron chi connectivity index (χ2n) is 7.45. The van der Waals surface area contributed by atoms with Crippen molar-refractivity contribution < 1.29 is 23.1 Å². The molecular formula is C21H23N3O5S. The second-order valence-corrected chi connectivity index (χ2v) is 9.46. The summed E-state index contributed by atoms with van der Waals surface area (Å²) in [7, 11) is -3.36. The third-order valence-electron chi connectivity index (χ3n) is 5.38. The van der Waals surface area contributed by atoms with E-state index in [1.54, 1.807) is 29.2 Å². The van der Waals surface area contributed by atoms with E-state index in [-0.39, 0.29) is 23.1 Å². The zero-order valence-corrected chi connectivity index (χ0v) is 17.2. The number of carbonyl (C=O) groups excluding carboxylic acids is 2. The van der Waals surface area contributed by atoms with E-state index in [1.165, 1.54) is 22.5 Å². The van der Waals surface area contributed by atoms with E-state index in [0.717, 1.165) is 18.5 Å². The lowest BCUT2D eigenvalue weighted by molar-refractivity contribution is -0.119. The molecule has 0 saturated carbocycles. The Bertz CT molecular complexity index is 1080. The monoisotopic (exact) mass is 429 g/mol. The molecule has 2 heterocycles. The first kappa shape index (κ1) is 20.2. The van der Waals surface area contributed by atoms with Crippen molar-refractivity contribution >= 4 is 38.9 Å². The van der Waals surface area contributed by atoms with Crippen LogP contribution in [0.1, 0.15) is 36.0 Å². The minimum Gasteiger partial charge on any atom is -0.506 e. The van der Waals surface area contributed by atoms with E-state index in [4.69, 9.17) is 0 Å². The molecule has 2 aliphatic rings. The predicted molar refractivity (Wildman–Crippen MR) is 114 cm³/mol. The number of carbonyl (C=O) groups is 2. The van der Waals surface area contributed by atoms with E-state index in [1.807, 2.05) is 0 Å². The van der Waals surface area contributed by atoms with E-state index in [0.29, 0.717) is 37.2 Å². The number of amides is 2. The Balaban J connectivity index is 1.51. The molecular weight excluding hydrogens is 406 g/mol. The summed E-state index contributed by atoms with van der Waals surface area (Å²) in [4.78, 5) is 26.4. The van der Waals surface area contributed by atoms with Crippen molar-refractivity contribution in [3.63, 3.8) is 0 Å². The summed E-state index contributed by atoms with van der Waals surface area (Å²) in [6.07, 6.45) is 2.93. The van der Waals surface area contributed by atoms with Crippen molar-refractivity contribution in [3.8, 4) is 5.75 Å². The summed E-state index contributed by atoms with van der Waals surface area (Å²) in [6.45, 7) is 1.04. The molecule has 9 heteroatoms. The van der Waals surface area contributed by atoms with Crippen LogP contribution in [-0.4, -0.2) is 44.2 Å². The number of nitrogens with zero attached hydrogens (tertiary/aromatic N) is 2. The van der Waals surface area contributed by atoms with Gasteiger partial charge in [-0.2, -0.15) is 0 Å². The number of phenols is 1. The molecule has 0 aromatic heterocycles. The highest BCUT2D eigenvalue weighted by molar-refractivity contribution is 7.93. The van der Waals surface area contributed by atoms with Crippen LogP contribution in [0.25, 0.3) is 0 Å². The number of piperidine rings is 1. The largest absolute Gasteiger partial charge is 0.506 e. The Morgan fingerprint density at radius 2 is 1.70 bits per heavy atom. The van der Waals surface area contributed by atoms with Gasteiger partial charge in [-0.05, 0) is 61.7 Å². The predicted octanol–water partition coefficient (Wildman–Crippen LogP) is 2.70. The van der Waals surface area contributed by atoms with Crippen LogP contribution in [0.4, 0.5) is 17.1 Å². The fourth-order valence-corrected chi connectivity index (χ4v) is 5.33. The molecule has 0 aliphatic carbocycles. The van der Waals surface area contributed by atoms with Gasteiger partial charge in [-0.15, -0.1) is 0 Å². The van der Waals surface area contributed by atoms with Crippen LogP contribution >= 0.6 is 0 Å². The number of rotatable bonds is 4. The molecule has 8 nitrogen and oxygen atoms in total. The minimum atomic E-state index is -3.36. The van der Waals surface area contributed by atoms with Crippen molar-refractivity contribution in [2.24, 2.45) is 0 Å². The van der Waals surface area contributed by atoms with Gasteiger partial charge < -0.3 is 15.3 Å². The quantitative estimate of drug-likeness (QED) is 0.727. The van der Waals surface area contributed by atoms with E-state index in [9.17, 15) is 23.1 Å². The summed E-state index contributed by atoms with van der Waals surface area (Å²) < 4.78 is 25.6. The van der Waals surface area contributed by atoms with Gasteiger partial charge in [-0.1, -0.05) is 0 Å². The number of hydrogen-bond acceptors (Lipinski definition) is 5. The number of anilines is 3. The smallest absolute Gasteiger partial charge is 0.255 e. The molecule has 2 fully saturated rings. The third-order valence-corrected chi connectivity index (χ3v) is 7.25. The van der Waals surface area contributed by atoms with Crippen molar-refractivity contribution in [2.75, 3.05) is 33.4 Å². The summed E-state index contributed by atoms with van der Waals surface area (Å²) in [5.74, 6) is -0.430. The maximum absolute atomic E-state index is 12.6. The minimum absolute atomic E-state index is 0.0806. The molecule has 0 unspecified atom stereocenters. The number of phenolic OH excluding ortho intramolecular Hbond substituents is 1. The Hall–Kier alpha value is -3.07. The van der Waals surface area contributed by atoms with Gasteiger partial charge in [0, 0.05) is 30.8 Å². The third kappa shape index (κ3) is 3.97. The SMILES string of the molecule is O=C(Nc1cc(N2CCCS2(=O)=O)ccc1O)c1ccc(N2CCCCC2=O)cc1. The van der Waals surface area contributed by atoms with Crippen molar-refractivity contribution in [3.05, 3.63) is 48.0 Å². The molecule has 2 aliphatic heterocycles. The summed E-state index contributed by atoms with van der Waals surface area (Å²) in [5.41, 5.74) is 1.65. The summed E-state index contributed by atoms with van der Waals surface area (Å²) >= 11 is 0. The molecule has 0 radical (unpaired) electrons. The van der Waals surface area contributed by atoms with Gasteiger partial charge in [0.05, 0.1) is 17.1 Å². The molecule has 2 aromatic carbocycles. The second kappa shape index (κ2) is 7.98.